The average molecular weight is 260 g/mol. The van der Waals surface area contributed by atoms with Crippen molar-refractivity contribution in [1.82, 2.24) is 10.3 Å². The van der Waals surface area contributed by atoms with Crippen molar-refractivity contribution in [3.63, 3.8) is 0 Å². The van der Waals surface area contributed by atoms with Gasteiger partial charge in [0.25, 0.3) is 0 Å². The fourth-order valence-corrected chi connectivity index (χ4v) is 1.61. The van der Waals surface area contributed by atoms with Crippen molar-refractivity contribution in [2.45, 2.75) is 37.6 Å². The number of aliphatic hydroxyl groups is 1. The fraction of sp³-hybridized carbons (Fsp3) is 0.583. The smallest absolute Gasteiger partial charge is 0.385 e. The Morgan fingerprint density at radius 3 is 2.67 bits per heavy atom. The van der Waals surface area contributed by atoms with Crippen LogP contribution in [0.4, 0.5) is 13.2 Å². The summed E-state index contributed by atoms with van der Waals surface area (Å²) in [6, 6.07) is 3.55. The highest BCUT2D eigenvalue weighted by Crippen LogP contribution is 2.34. The van der Waals surface area contributed by atoms with Gasteiger partial charge in [-0.15, -0.1) is 0 Å². The van der Waals surface area contributed by atoms with E-state index in [0.29, 0.717) is 0 Å². The first-order valence-electron chi connectivity index (χ1n) is 5.77. The third kappa shape index (κ3) is 3.20. The number of hydrogen-bond acceptors (Lipinski definition) is 3. The van der Waals surface area contributed by atoms with Gasteiger partial charge in [-0.25, -0.2) is 4.98 Å². The SMILES string of the molecule is CC1(NC[C@@H](O)c2cccc(C(F)(F)F)n2)CC1. The first-order valence-corrected chi connectivity index (χ1v) is 5.77. The number of rotatable bonds is 4. The van der Waals surface area contributed by atoms with Crippen molar-refractivity contribution in [2.75, 3.05) is 6.54 Å². The van der Waals surface area contributed by atoms with Crippen molar-refractivity contribution in [3.05, 3.63) is 29.6 Å². The molecule has 1 fully saturated rings. The molecule has 0 saturated heterocycles. The molecule has 1 aliphatic carbocycles. The second-order valence-corrected chi connectivity index (χ2v) is 4.90. The van der Waals surface area contributed by atoms with Crippen LogP contribution in [0.25, 0.3) is 0 Å². The molecule has 0 radical (unpaired) electrons. The topological polar surface area (TPSA) is 45.1 Å². The number of nitrogens with zero attached hydrogens (tertiary/aromatic N) is 1. The van der Waals surface area contributed by atoms with Crippen LogP contribution in [0.5, 0.6) is 0 Å². The molecule has 18 heavy (non-hydrogen) atoms. The van der Waals surface area contributed by atoms with Gasteiger partial charge in [-0.05, 0) is 31.9 Å². The van der Waals surface area contributed by atoms with Gasteiger partial charge in [-0.3, -0.25) is 0 Å². The lowest BCUT2D eigenvalue weighted by Crippen LogP contribution is -2.32. The summed E-state index contributed by atoms with van der Waals surface area (Å²) in [5.74, 6) is 0. The number of nitrogens with one attached hydrogen (secondary N) is 1. The minimum atomic E-state index is -4.48. The van der Waals surface area contributed by atoms with Gasteiger partial charge >= 0.3 is 6.18 Å². The zero-order valence-electron chi connectivity index (χ0n) is 9.96. The summed E-state index contributed by atoms with van der Waals surface area (Å²) in [6.07, 6.45) is -3.46. The Morgan fingerprint density at radius 1 is 1.44 bits per heavy atom. The van der Waals surface area contributed by atoms with Crippen molar-refractivity contribution in [2.24, 2.45) is 0 Å². The number of β-amino-alcohol motifs (C(OH)–C–C–N with tert-alkyl or cyclic N) is 1. The van der Waals surface area contributed by atoms with Gasteiger partial charge in [-0.1, -0.05) is 6.07 Å². The maximum Gasteiger partial charge on any atom is 0.433 e. The molecule has 0 unspecified atom stereocenters. The highest BCUT2D eigenvalue weighted by Gasteiger charge is 2.37. The lowest BCUT2D eigenvalue weighted by atomic mass is 10.2. The molecule has 0 aliphatic heterocycles. The van der Waals surface area contributed by atoms with Crippen molar-refractivity contribution >= 4 is 0 Å². The van der Waals surface area contributed by atoms with E-state index >= 15 is 0 Å². The number of halogens is 3. The molecule has 0 bridgehead atoms. The molecule has 1 atom stereocenters. The van der Waals surface area contributed by atoms with Crippen LogP contribution in [0.1, 0.15) is 37.3 Å². The van der Waals surface area contributed by atoms with Crippen LogP contribution in [0.15, 0.2) is 18.2 Å². The van der Waals surface area contributed by atoms with E-state index in [4.69, 9.17) is 0 Å². The van der Waals surface area contributed by atoms with Gasteiger partial charge in [0.2, 0.25) is 0 Å². The minimum absolute atomic E-state index is 0.0304. The molecule has 100 valence electrons. The van der Waals surface area contributed by atoms with E-state index in [1.165, 1.54) is 12.1 Å². The number of alkyl halides is 3. The van der Waals surface area contributed by atoms with Gasteiger partial charge in [0.15, 0.2) is 0 Å². The molecule has 6 heteroatoms. The van der Waals surface area contributed by atoms with Crippen LogP contribution < -0.4 is 5.32 Å². The van der Waals surface area contributed by atoms with Crippen LogP contribution in [-0.2, 0) is 6.18 Å². The number of pyridine rings is 1. The van der Waals surface area contributed by atoms with E-state index in [0.717, 1.165) is 18.9 Å². The number of hydrogen-bond donors (Lipinski definition) is 2. The zero-order valence-corrected chi connectivity index (χ0v) is 9.96. The Hall–Kier alpha value is -1.14. The maximum atomic E-state index is 12.5. The maximum absolute atomic E-state index is 12.5. The van der Waals surface area contributed by atoms with Crippen molar-refractivity contribution in [1.29, 1.82) is 0 Å². The lowest BCUT2D eigenvalue weighted by Gasteiger charge is -2.16. The number of aliphatic hydroxyl groups excluding tert-OH is 1. The molecule has 3 nitrogen and oxygen atoms in total. The molecule has 2 N–H and O–H groups in total. The van der Waals surface area contributed by atoms with E-state index in [1.54, 1.807) is 0 Å². The van der Waals surface area contributed by atoms with Gasteiger partial charge in [-0.2, -0.15) is 13.2 Å². The van der Waals surface area contributed by atoms with E-state index in [1.807, 2.05) is 6.92 Å². The average Bonchev–Trinajstić information content (AvgIpc) is 3.04. The molecule has 1 aliphatic rings. The van der Waals surface area contributed by atoms with Crippen molar-refractivity contribution < 1.29 is 18.3 Å². The normalized spacial score (nSPS) is 19.6. The Morgan fingerprint density at radius 2 is 2.11 bits per heavy atom. The van der Waals surface area contributed by atoms with Crippen LogP contribution in [0.2, 0.25) is 0 Å². The van der Waals surface area contributed by atoms with Crippen LogP contribution in [0, 0.1) is 0 Å². The summed E-state index contributed by atoms with van der Waals surface area (Å²) >= 11 is 0. The van der Waals surface area contributed by atoms with Crippen molar-refractivity contribution in [3.8, 4) is 0 Å². The summed E-state index contributed by atoms with van der Waals surface area (Å²) < 4.78 is 37.4. The van der Waals surface area contributed by atoms with Crippen LogP contribution in [-0.4, -0.2) is 22.2 Å². The van der Waals surface area contributed by atoms with E-state index in [-0.39, 0.29) is 17.8 Å². The minimum Gasteiger partial charge on any atom is -0.385 e. The Bertz CT molecular complexity index is 430. The summed E-state index contributed by atoms with van der Waals surface area (Å²) in [5.41, 5.74) is -0.902. The summed E-state index contributed by atoms with van der Waals surface area (Å²) in [5, 5.41) is 12.9. The molecule has 1 aromatic rings. The van der Waals surface area contributed by atoms with Crippen LogP contribution >= 0.6 is 0 Å². The highest BCUT2D eigenvalue weighted by atomic mass is 19.4. The summed E-state index contributed by atoms with van der Waals surface area (Å²) in [4.78, 5) is 3.45. The quantitative estimate of drug-likeness (QED) is 0.873. The third-order valence-corrected chi connectivity index (χ3v) is 3.12. The molecule has 1 saturated carbocycles. The van der Waals surface area contributed by atoms with E-state index in [9.17, 15) is 18.3 Å². The molecular weight excluding hydrogens is 245 g/mol. The van der Waals surface area contributed by atoms with Gasteiger partial charge < -0.3 is 10.4 Å². The predicted octanol–water partition coefficient (Wildman–Crippen LogP) is 2.28. The fourth-order valence-electron chi connectivity index (χ4n) is 1.61. The standard InChI is InChI=1S/C12H15F3N2O/c1-11(5-6-11)16-7-9(18)8-3-2-4-10(17-8)12(13,14)15/h2-4,9,16,18H,5-7H2,1H3/t9-/m1/s1. The lowest BCUT2D eigenvalue weighted by molar-refractivity contribution is -0.141. The Balaban J connectivity index is 2.03. The second-order valence-electron chi connectivity index (χ2n) is 4.90. The zero-order chi connectivity index (χ0) is 13.4. The van der Waals surface area contributed by atoms with Gasteiger partial charge in [0.05, 0.1) is 5.69 Å². The molecule has 0 aromatic carbocycles. The second kappa shape index (κ2) is 4.51. The molecule has 2 rings (SSSR count). The third-order valence-electron chi connectivity index (χ3n) is 3.12. The van der Waals surface area contributed by atoms with Crippen LogP contribution in [0.3, 0.4) is 0 Å². The highest BCUT2D eigenvalue weighted by molar-refractivity contribution is 5.16. The molecule has 0 amide bonds. The summed E-state index contributed by atoms with van der Waals surface area (Å²) in [6.45, 7) is 2.23. The van der Waals surface area contributed by atoms with E-state index in [2.05, 4.69) is 10.3 Å². The molecule has 1 heterocycles. The molecule has 0 spiro atoms. The largest absolute Gasteiger partial charge is 0.433 e. The van der Waals surface area contributed by atoms with Gasteiger partial charge in [0.1, 0.15) is 11.8 Å². The van der Waals surface area contributed by atoms with Gasteiger partial charge in [0, 0.05) is 12.1 Å². The first kappa shape index (κ1) is 13.3. The summed E-state index contributed by atoms with van der Waals surface area (Å²) in [7, 11) is 0. The Labute approximate surface area is 103 Å². The molecule has 1 aromatic heterocycles. The first-order chi connectivity index (χ1) is 8.30. The molecular formula is C12H15F3N2O. The van der Waals surface area contributed by atoms with E-state index < -0.39 is 18.0 Å². The number of aromatic nitrogens is 1. The monoisotopic (exact) mass is 260 g/mol. The Kier molecular flexibility index (Phi) is 3.33. The predicted molar refractivity (Wildman–Crippen MR) is 59.8 cm³/mol.